The van der Waals surface area contributed by atoms with Crippen LogP contribution in [0.5, 0.6) is 0 Å². The molecule has 1 heterocycles. The Labute approximate surface area is 167 Å². The minimum atomic E-state index is 0. The van der Waals surface area contributed by atoms with Crippen LogP contribution in [0.4, 0.5) is 0 Å². The van der Waals surface area contributed by atoms with E-state index in [4.69, 9.17) is 9.73 Å². The summed E-state index contributed by atoms with van der Waals surface area (Å²) in [5.41, 5.74) is 0. The van der Waals surface area contributed by atoms with Gasteiger partial charge in [-0.15, -0.1) is 35.3 Å². The normalized spacial score (nSPS) is 14.5. The van der Waals surface area contributed by atoms with Crippen molar-refractivity contribution >= 4 is 41.3 Å². The van der Waals surface area contributed by atoms with Gasteiger partial charge in [0.1, 0.15) is 0 Å². The number of ether oxygens (including phenoxy) is 1. The molecule has 0 amide bonds. The summed E-state index contributed by atoms with van der Waals surface area (Å²) >= 11 is 1.81. The number of nitrogens with one attached hydrogen (secondary N) is 2. The highest BCUT2D eigenvalue weighted by Gasteiger charge is 2.27. The highest BCUT2D eigenvalue weighted by molar-refractivity contribution is 14.0. The second-order valence-electron chi connectivity index (χ2n) is 5.78. The van der Waals surface area contributed by atoms with Crippen LogP contribution < -0.4 is 10.6 Å². The van der Waals surface area contributed by atoms with Crippen molar-refractivity contribution in [2.75, 3.05) is 46.4 Å². The molecule has 0 aliphatic heterocycles. The van der Waals surface area contributed by atoms with Crippen molar-refractivity contribution < 1.29 is 4.74 Å². The number of rotatable bonds is 11. The molecule has 1 fully saturated rings. The summed E-state index contributed by atoms with van der Waals surface area (Å²) in [5, 5.41) is 8.87. The van der Waals surface area contributed by atoms with Gasteiger partial charge in [-0.3, -0.25) is 9.89 Å². The van der Waals surface area contributed by atoms with Gasteiger partial charge in [-0.2, -0.15) is 0 Å². The number of methoxy groups -OCH3 is 1. The Bertz CT molecular complexity index is 451. The first-order valence-corrected chi connectivity index (χ1v) is 9.49. The van der Waals surface area contributed by atoms with Crippen molar-refractivity contribution in [3.63, 3.8) is 0 Å². The average molecular weight is 466 g/mol. The molecule has 0 saturated heterocycles. The van der Waals surface area contributed by atoms with E-state index in [-0.39, 0.29) is 24.0 Å². The molecule has 0 unspecified atom stereocenters. The number of aliphatic imine (C=N–C) groups is 1. The highest BCUT2D eigenvalue weighted by atomic mass is 127. The third-order valence-electron chi connectivity index (χ3n) is 3.89. The van der Waals surface area contributed by atoms with Crippen molar-refractivity contribution in [3.05, 3.63) is 22.4 Å². The monoisotopic (exact) mass is 466 g/mol. The lowest BCUT2D eigenvalue weighted by Gasteiger charge is -2.20. The molecule has 0 aromatic carbocycles. The van der Waals surface area contributed by atoms with Gasteiger partial charge in [0.05, 0.1) is 13.2 Å². The summed E-state index contributed by atoms with van der Waals surface area (Å²) in [6.45, 7) is 7.57. The standard InChI is InChI=1S/C17H30N4OS.HI/c1-3-18-17(19-9-8-16-5-4-14-23-16)20-10-11-21(12-13-22-2)15-6-7-15;/h4-5,14-15H,3,6-13H2,1-2H3,(H2,18,19,20);1H. The Balaban J connectivity index is 0.00000288. The van der Waals surface area contributed by atoms with E-state index in [9.17, 15) is 0 Å². The maximum Gasteiger partial charge on any atom is 0.191 e. The quantitative estimate of drug-likeness (QED) is 0.299. The number of halogens is 1. The zero-order chi connectivity index (χ0) is 16.3. The first-order valence-electron chi connectivity index (χ1n) is 8.61. The van der Waals surface area contributed by atoms with E-state index in [1.54, 1.807) is 7.11 Å². The third-order valence-corrected chi connectivity index (χ3v) is 4.83. The van der Waals surface area contributed by atoms with Crippen LogP contribution in [-0.4, -0.2) is 63.3 Å². The second kappa shape index (κ2) is 12.9. The Hall–Kier alpha value is -0.380. The van der Waals surface area contributed by atoms with Crippen LogP contribution in [-0.2, 0) is 11.2 Å². The Morgan fingerprint density at radius 3 is 2.83 bits per heavy atom. The van der Waals surface area contributed by atoms with Crippen molar-refractivity contribution in [1.82, 2.24) is 15.5 Å². The third kappa shape index (κ3) is 8.64. The van der Waals surface area contributed by atoms with E-state index >= 15 is 0 Å². The number of thiophene rings is 1. The minimum absolute atomic E-state index is 0. The highest BCUT2D eigenvalue weighted by Crippen LogP contribution is 2.26. The molecule has 2 N–H and O–H groups in total. The molecular formula is C17H31IN4OS. The molecule has 24 heavy (non-hydrogen) atoms. The van der Waals surface area contributed by atoms with Gasteiger partial charge in [-0.05, 0) is 37.6 Å². The van der Waals surface area contributed by atoms with E-state index in [1.165, 1.54) is 17.7 Å². The molecule has 1 aromatic rings. The van der Waals surface area contributed by atoms with Gasteiger partial charge in [0.25, 0.3) is 0 Å². The fourth-order valence-corrected chi connectivity index (χ4v) is 3.23. The molecule has 138 valence electrons. The van der Waals surface area contributed by atoms with E-state index in [0.29, 0.717) is 0 Å². The lowest BCUT2D eigenvalue weighted by atomic mass is 10.3. The van der Waals surface area contributed by atoms with Crippen molar-refractivity contribution in [2.24, 2.45) is 4.99 Å². The zero-order valence-corrected chi connectivity index (χ0v) is 17.9. The molecule has 0 bridgehead atoms. The van der Waals surface area contributed by atoms with Gasteiger partial charge in [0.2, 0.25) is 0 Å². The molecule has 7 heteroatoms. The van der Waals surface area contributed by atoms with E-state index in [2.05, 4.69) is 40.0 Å². The zero-order valence-electron chi connectivity index (χ0n) is 14.8. The molecule has 2 rings (SSSR count). The van der Waals surface area contributed by atoms with Gasteiger partial charge in [0, 0.05) is 44.2 Å². The molecular weight excluding hydrogens is 435 g/mol. The summed E-state index contributed by atoms with van der Waals surface area (Å²) in [4.78, 5) is 8.62. The largest absolute Gasteiger partial charge is 0.383 e. The lowest BCUT2D eigenvalue weighted by molar-refractivity contribution is 0.145. The van der Waals surface area contributed by atoms with Crippen molar-refractivity contribution in [1.29, 1.82) is 0 Å². The maximum atomic E-state index is 5.20. The summed E-state index contributed by atoms with van der Waals surface area (Å²) < 4.78 is 5.20. The molecule has 0 radical (unpaired) electrons. The van der Waals surface area contributed by atoms with Crippen LogP contribution in [0.3, 0.4) is 0 Å². The number of nitrogens with zero attached hydrogens (tertiary/aromatic N) is 2. The SMILES string of the molecule is CCNC(=NCCN(CCOC)C1CC1)NCCc1cccs1.I. The molecule has 1 aliphatic carbocycles. The van der Waals surface area contributed by atoms with Crippen LogP contribution in [0.1, 0.15) is 24.6 Å². The fourth-order valence-electron chi connectivity index (χ4n) is 2.52. The van der Waals surface area contributed by atoms with Crippen molar-refractivity contribution in [2.45, 2.75) is 32.2 Å². The first kappa shape index (κ1) is 21.7. The Kier molecular flexibility index (Phi) is 11.7. The van der Waals surface area contributed by atoms with E-state index in [1.807, 2.05) is 11.3 Å². The molecule has 0 spiro atoms. The van der Waals surface area contributed by atoms with Crippen LogP contribution >= 0.6 is 35.3 Å². The molecule has 5 nitrogen and oxygen atoms in total. The van der Waals surface area contributed by atoms with Gasteiger partial charge in [0.15, 0.2) is 5.96 Å². The minimum Gasteiger partial charge on any atom is -0.383 e. The molecule has 1 saturated carbocycles. The van der Waals surface area contributed by atoms with Crippen LogP contribution in [0.2, 0.25) is 0 Å². The smallest absolute Gasteiger partial charge is 0.191 e. The van der Waals surface area contributed by atoms with Crippen LogP contribution in [0.25, 0.3) is 0 Å². The number of hydrogen-bond donors (Lipinski definition) is 2. The summed E-state index contributed by atoms with van der Waals surface area (Å²) in [5.74, 6) is 0.923. The summed E-state index contributed by atoms with van der Waals surface area (Å²) in [7, 11) is 1.77. The van der Waals surface area contributed by atoms with Gasteiger partial charge in [-0.1, -0.05) is 6.07 Å². The van der Waals surface area contributed by atoms with Gasteiger partial charge in [-0.25, -0.2) is 0 Å². The average Bonchev–Trinajstić information content (AvgIpc) is 3.27. The number of guanidine groups is 1. The molecule has 0 atom stereocenters. The summed E-state index contributed by atoms with van der Waals surface area (Å²) in [6, 6.07) is 5.04. The van der Waals surface area contributed by atoms with Crippen LogP contribution in [0.15, 0.2) is 22.5 Å². The predicted molar refractivity (Wildman–Crippen MR) is 114 cm³/mol. The Morgan fingerprint density at radius 2 is 2.21 bits per heavy atom. The van der Waals surface area contributed by atoms with E-state index < -0.39 is 0 Å². The van der Waals surface area contributed by atoms with Gasteiger partial charge >= 0.3 is 0 Å². The Morgan fingerprint density at radius 1 is 1.38 bits per heavy atom. The topological polar surface area (TPSA) is 48.9 Å². The first-order chi connectivity index (χ1) is 11.3. The maximum absolute atomic E-state index is 5.20. The van der Waals surface area contributed by atoms with E-state index in [0.717, 1.165) is 57.8 Å². The predicted octanol–water partition coefficient (Wildman–Crippen LogP) is 2.57. The van der Waals surface area contributed by atoms with Gasteiger partial charge < -0.3 is 15.4 Å². The lowest BCUT2D eigenvalue weighted by Crippen LogP contribution is -2.39. The molecule has 1 aliphatic rings. The second-order valence-corrected chi connectivity index (χ2v) is 6.81. The van der Waals surface area contributed by atoms with Crippen molar-refractivity contribution in [3.8, 4) is 0 Å². The van der Waals surface area contributed by atoms with Crippen LogP contribution in [0, 0.1) is 0 Å². The summed E-state index contributed by atoms with van der Waals surface area (Å²) in [6.07, 6.45) is 3.70. The molecule has 1 aromatic heterocycles. The fraction of sp³-hybridized carbons (Fsp3) is 0.706. The number of hydrogen-bond acceptors (Lipinski definition) is 4.